The molecule has 0 radical (unpaired) electrons. The average molecular weight is 472 g/mol. The fourth-order valence-electron chi connectivity index (χ4n) is 2.83. The van der Waals surface area contributed by atoms with Crippen molar-refractivity contribution in [3.63, 3.8) is 0 Å². The maximum absolute atomic E-state index is 12.6. The molecule has 0 unspecified atom stereocenters. The minimum absolute atomic E-state index is 0.0935. The molecule has 1 amide bonds. The Balaban J connectivity index is 1.60. The molecule has 174 valence electrons. The van der Waals surface area contributed by atoms with Crippen LogP contribution in [0.1, 0.15) is 34.3 Å². The summed E-state index contributed by atoms with van der Waals surface area (Å²) in [5, 5.41) is 2.69. The highest BCUT2D eigenvalue weighted by Gasteiger charge is 2.30. The zero-order chi connectivity index (χ0) is 23.4. The van der Waals surface area contributed by atoms with Crippen LogP contribution in [0, 0.1) is 0 Å². The van der Waals surface area contributed by atoms with E-state index >= 15 is 0 Å². The molecular formula is C21H23F3N2O5S. The third-order valence-electron chi connectivity index (χ3n) is 4.62. The SMILES string of the molecule is COc1ccc(C(=O)NCc2ccc(COCC(F)(F)F)cc2)cc1S(=O)(=O)NC1CC1. The van der Waals surface area contributed by atoms with E-state index in [4.69, 9.17) is 4.74 Å². The van der Waals surface area contributed by atoms with E-state index in [-0.39, 0.29) is 35.4 Å². The Morgan fingerprint density at radius 2 is 1.75 bits per heavy atom. The molecule has 0 aliphatic heterocycles. The molecule has 3 rings (SSSR count). The van der Waals surface area contributed by atoms with Crippen LogP contribution in [0.4, 0.5) is 13.2 Å². The third kappa shape index (κ3) is 6.94. The molecule has 2 N–H and O–H groups in total. The van der Waals surface area contributed by atoms with Crippen molar-refractivity contribution in [3.05, 3.63) is 59.2 Å². The van der Waals surface area contributed by atoms with Crippen LogP contribution >= 0.6 is 0 Å². The van der Waals surface area contributed by atoms with Gasteiger partial charge in [0.2, 0.25) is 10.0 Å². The maximum atomic E-state index is 12.6. The number of hydrogen-bond donors (Lipinski definition) is 2. The predicted octanol–water partition coefficient (Wildman–Crippen LogP) is 3.14. The van der Waals surface area contributed by atoms with Gasteiger partial charge in [0.15, 0.2) is 0 Å². The molecule has 2 aromatic rings. The van der Waals surface area contributed by atoms with Gasteiger partial charge in [-0.25, -0.2) is 13.1 Å². The molecular weight excluding hydrogens is 449 g/mol. The number of ether oxygens (including phenoxy) is 2. The predicted molar refractivity (Wildman–Crippen MR) is 110 cm³/mol. The van der Waals surface area contributed by atoms with Gasteiger partial charge in [0.25, 0.3) is 5.91 Å². The Labute approximate surface area is 184 Å². The second-order valence-electron chi connectivity index (χ2n) is 7.37. The molecule has 11 heteroatoms. The van der Waals surface area contributed by atoms with Gasteiger partial charge in [-0.3, -0.25) is 4.79 Å². The first kappa shape index (κ1) is 24.0. The van der Waals surface area contributed by atoms with E-state index in [1.807, 2.05) is 0 Å². The molecule has 0 atom stereocenters. The van der Waals surface area contributed by atoms with Crippen LogP contribution in [0.3, 0.4) is 0 Å². The number of rotatable bonds is 10. The van der Waals surface area contributed by atoms with Crippen molar-refractivity contribution in [2.45, 2.75) is 43.1 Å². The van der Waals surface area contributed by atoms with Gasteiger partial charge in [0.05, 0.1) is 13.7 Å². The fourth-order valence-corrected chi connectivity index (χ4v) is 4.33. The molecule has 0 heterocycles. The number of sulfonamides is 1. The lowest BCUT2D eigenvalue weighted by Crippen LogP contribution is -2.27. The number of alkyl halides is 3. The summed E-state index contributed by atoms with van der Waals surface area (Å²) in [6, 6.07) is 10.6. The first-order chi connectivity index (χ1) is 15.1. The average Bonchev–Trinajstić information content (AvgIpc) is 3.55. The summed E-state index contributed by atoms with van der Waals surface area (Å²) in [4.78, 5) is 12.4. The smallest absolute Gasteiger partial charge is 0.411 e. The molecule has 7 nitrogen and oxygen atoms in total. The summed E-state index contributed by atoms with van der Waals surface area (Å²) in [6.07, 6.45) is -2.83. The summed E-state index contributed by atoms with van der Waals surface area (Å²) in [5.74, 6) is -0.342. The van der Waals surface area contributed by atoms with Gasteiger partial charge in [-0.05, 0) is 42.2 Å². The molecule has 32 heavy (non-hydrogen) atoms. The number of benzene rings is 2. The highest BCUT2D eigenvalue weighted by atomic mass is 32.2. The Morgan fingerprint density at radius 1 is 1.09 bits per heavy atom. The van der Waals surface area contributed by atoms with Gasteiger partial charge in [0, 0.05) is 18.2 Å². The van der Waals surface area contributed by atoms with Gasteiger partial charge < -0.3 is 14.8 Å². The van der Waals surface area contributed by atoms with Gasteiger partial charge in [-0.1, -0.05) is 24.3 Å². The maximum Gasteiger partial charge on any atom is 0.411 e. The van der Waals surface area contributed by atoms with Crippen molar-refractivity contribution in [3.8, 4) is 5.75 Å². The molecule has 1 aliphatic carbocycles. The monoisotopic (exact) mass is 472 g/mol. The van der Waals surface area contributed by atoms with E-state index in [0.717, 1.165) is 18.4 Å². The largest absolute Gasteiger partial charge is 0.495 e. The number of carbonyl (C=O) groups is 1. The second kappa shape index (κ2) is 9.88. The first-order valence-electron chi connectivity index (χ1n) is 9.78. The molecule has 0 spiro atoms. The minimum Gasteiger partial charge on any atom is -0.495 e. The van der Waals surface area contributed by atoms with Crippen LogP contribution in [-0.2, 0) is 27.9 Å². The number of hydrogen-bond acceptors (Lipinski definition) is 5. The summed E-state index contributed by atoms with van der Waals surface area (Å²) in [5.41, 5.74) is 1.44. The molecule has 1 aliphatic rings. The lowest BCUT2D eigenvalue weighted by Gasteiger charge is -2.12. The summed E-state index contributed by atoms with van der Waals surface area (Å²) in [7, 11) is -2.47. The zero-order valence-corrected chi connectivity index (χ0v) is 18.1. The molecule has 0 saturated heterocycles. The van der Waals surface area contributed by atoms with E-state index < -0.39 is 28.7 Å². The number of nitrogens with one attached hydrogen (secondary N) is 2. The molecule has 2 aromatic carbocycles. The highest BCUT2D eigenvalue weighted by Crippen LogP contribution is 2.28. The summed E-state index contributed by atoms with van der Waals surface area (Å²) >= 11 is 0. The van der Waals surface area contributed by atoms with Crippen LogP contribution in [-0.4, -0.2) is 40.3 Å². The van der Waals surface area contributed by atoms with Crippen molar-refractivity contribution < 1.29 is 35.9 Å². The van der Waals surface area contributed by atoms with Crippen molar-refractivity contribution >= 4 is 15.9 Å². The zero-order valence-electron chi connectivity index (χ0n) is 17.2. The van der Waals surface area contributed by atoms with Crippen LogP contribution in [0.15, 0.2) is 47.4 Å². The van der Waals surface area contributed by atoms with Crippen molar-refractivity contribution in [1.82, 2.24) is 10.0 Å². The summed E-state index contributed by atoms with van der Waals surface area (Å²) in [6.45, 7) is -1.35. The van der Waals surface area contributed by atoms with Crippen LogP contribution < -0.4 is 14.8 Å². The van der Waals surface area contributed by atoms with Gasteiger partial charge >= 0.3 is 6.18 Å². The summed E-state index contributed by atoms with van der Waals surface area (Å²) < 4.78 is 73.8. The first-order valence-corrected chi connectivity index (χ1v) is 11.3. The van der Waals surface area contributed by atoms with Crippen molar-refractivity contribution in [1.29, 1.82) is 0 Å². The van der Waals surface area contributed by atoms with E-state index in [1.165, 1.54) is 25.3 Å². The second-order valence-corrected chi connectivity index (χ2v) is 9.05. The molecule has 0 bridgehead atoms. The standard InChI is InChI=1S/C21H23F3N2O5S/c1-30-18-9-6-16(10-19(18)32(28,29)26-17-7-8-17)20(27)25-11-14-2-4-15(5-3-14)12-31-13-21(22,23)24/h2-6,9-10,17,26H,7-8,11-13H2,1H3,(H,25,27). The minimum atomic E-state index is -4.38. The number of methoxy groups -OCH3 is 1. The normalized spacial score (nSPS) is 14.2. The van der Waals surface area contributed by atoms with E-state index in [0.29, 0.717) is 5.56 Å². The lowest BCUT2D eigenvalue weighted by molar-refractivity contribution is -0.176. The number of carbonyl (C=O) groups excluding carboxylic acids is 1. The quantitative estimate of drug-likeness (QED) is 0.554. The van der Waals surface area contributed by atoms with E-state index in [9.17, 15) is 26.4 Å². The lowest BCUT2D eigenvalue weighted by atomic mass is 10.1. The fraction of sp³-hybridized carbons (Fsp3) is 0.381. The van der Waals surface area contributed by atoms with Gasteiger partial charge in [0.1, 0.15) is 17.3 Å². The van der Waals surface area contributed by atoms with E-state index in [1.54, 1.807) is 24.3 Å². The van der Waals surface area contributed by atoms with Gasteiger partial charge in [-0.2, -0.15) is 13.2 Å². The van der Waals surface area contributed by atoms with Crippen molar-refractivity contribution in [2.75, 3.05) is 13.7 Å². The number of halogens is 3. The molecule has 1 fully saturated rings. The Kier molecular flexibility index (Phi) is 7.42. The highest BCUT2D eigenvalue weighted by molar-refractivity contribution is 7.89. The Hall–Kier alpha value is -2.63. The third-order valence-corrected chi connectivity index (χ3v) is 6.17. The van der Waals surface area contributed by atoms with E-state index in [2.05, 4.69) is 14.8 Å². The molecule has 0 aromatic heterocycles. The Bertz CT molecular complexity index is 1050. The van der Waals surface area contributed by atoms with Crippen molar-refractivity contribution in [2.24, 2.45) is 0 Å². The number of amides is 1. The van der Waals surface area contributed by atoms with Crippen LogP contribution in [0.2, 0.25) is 0 Å². The van der Waals surface area contributed by atoms with Gasteiger partial charge in [-0.15, -0.1) is 0 Å². The molecule has 1 saturated carbocycles. The topological polar surface area (TPSA) is 93.7 Å². The van der Waals surface area contributed by atoms with Crippen LogP contribution in [0.5, 0.6) is 5.75 Å². The Morgan fingerprint density at radius 3 is 2.34 bits per heavy atom. The van der Waals surface area contributed by atoms with Crippen LogP contribution in [0.25, 0.3) is 0 Å².